The zero-order valence-electron chi connectivity index (χ0n) is 14.2. The topological polar surface area (TPSA) is 77.3 Å². The number of hydrogen-bond donors (Lipinski definition) is 0. The highest BCUT2D eigenvalue weighted by Crippen LogP contribution is 2.30. The van der Waals surface area contributed by atoms with Gasteiger partial charge in [-0.2, -0.15) is 0 Å². The van der Waals surface area contributed by atoms with Gasteiger partial charge in [-0.1, -0.05) is 5.21 Å². The van der Waals surface area contributed by atoms with Crippen LogP contribution in [0.15, 0.2) is 30.5 Å². The average Bonchev–Trinajstić information content (AvgIpc) is 3.15. The molecule has 1 aromatic heterocycles. The molecule has 1 aromatic carbocycles. The lowest BCUT2D eigenvalue weighted by atomic mass is 9.99. The number of ketones is 1. The van der Waals surface area contributed by atoms with E-state index in [4.69, 9.17) is 4.74 Å². The van der Waals surface area contributed by atoms with Crippen molar-refractivity contribution in [1.29, 1.82) is 0 Å². The largest absolute Gasteiger partial charge is 0.370 e. The van der Waals surface area contributed by atoms with Crippen molar-refractivity contribution in [3.05, 3.63) is 47.5 Å². The maximum absolute atomic E-state index is 12.9. The SMILES string of the molecule is O=C(CCC(=O)N1CC[C@@H]2OCc3cnnn3[C@H]2C1)c1ccc(F)cc1. The number of piperidine rings is 1. The number of nitrogens with zero attached hydrogens (tertiary/aromatic N) is 4. The fraction of sp³-hybridized carbons (Fsp3) is 0.444. The minimum Gasteiger partial charge on any atom is -0.370 e. The molecule has 8 heteroatoms. The molecule has 1 saturated heterocycles. The first-order chi connectivity index (χ1) is 12.6. The highest BCUT2D eigenvalue weighted by atomic mass is 19.1. The molecule has 0 bridgehead atoms. The summed E-state index contributed by atoms with van der Waals surface area (Å²) in [6, 6.07) is 5.35. The smallest absolute Gasteiger partial charge is 0.223 e. The van der Waals surface area contributed by atoms with Crippen LogP contribution in [0.25, 0.3) is 0 Å². The number of halogens is 1. The van der Waals surface area contributed by atoms with Crippen molar-refractivity contribution in [1.82, 2.24) is 19.9 Å². The molecule has 3 heterocycles. The van der Waals surface area contributed by atoms with Crippen molar-refractivity contribution in [3.8, 4) is 0 Å². The third kappa shape index (κ3) is 3.24. The number of likely N-dealkylation sites (tertiary alicyclic amines) is 1. The van der Waals surface area contributed by atoms with Gasteiger partial charge < -0.3 is 9.64 Å². The van der Waals surface area contributed by atoms with Gasteiger partial charge in [0, 0.05) is 31.5 Å². The van der Waals surface area contributed by atoms with E-state index >= 15 is 0 Å². The van der Waals surface area contributed by atoms with Crippen LogP contribution in [0.5, 0.6) is 0 Å². The molecule has 0 spiro atoms. The molecule has 4 rings (SSSR count). The van der Waals surface area contributed by atoms with Gasteiger partial charge in [0.25, 0.3) is 0 Å². The molecule has 0 unspecified atom stereocenters. The molecule has 2 aliphatic heterocycles. The Bertz CT molecular complexity index is 820. The van der Waals surface area contributed by atoms with Crippen molar-refractivity contribution in [2.45, 2.75) is 38.0 Å². The van der Waals surface area contributed by atoms with Gasteiger partial charge in [-0.05, 0) is 30.7 Å². The third-order valence-electron chi connectivity index (χ3n) is 5.01. The highest BCUT2D eigenvalue weighted by molar-refractivity contribution is 5.97. The zero-order valence-corrected chi connectivity index (χ0v) is 14.2. The van der Waals surface area contributed by atoms with E-state index in [2.05, 4.69) is 10.3 Å². The summed E-state index contributed by atoms with van der Waals surface area (Å²) >= 11 is 0. The van der Waals surface area contributed by atoms with Crippen LogP contribution in [-0.2, 0) is 16.1 Å². The molecule has 26 heavy (non-hydrogen) atoms. The van der Waals surface area contributed by atoms with Crippen LogP contribution >= 0.6 is 0 Å². The van der Waals surface area contributed by atoms with E-state index in [0.717, 1.165) is 12.1 Å². The Morgan fingerprint density at radius 2 is 2.04 bits per heavy atom. The second-order valence-corrected chi connectivity index (χ2v) is 6.65. The number of aromatic nitrogens is 3. The normalized spacial score (nSPS) is 21.8. The van der Waals surface area contributed by atoms with Crippen LogP contribution in [0.2, 0.25) is 0 Å². The predicted octanol–water partition coefficient (Wildman–Crippen LogP) is 1.75. The molecular formula is C18H19FN4O3. The van der Waals surface area contributed by atoms with E-state index in [-0.39, 0.29) is 42.5 Å². The molecule has 136 valence electrons. The molecule has 0 aliphatic carbocycles. The Balaban J connectivity index is 1.36. The highest BCUT2D eigenvalue weighted by Gasteiger charge is 2.37. The Hall–Kier alpha value is -2.61. The number of benzene rings is 1. The van der Waals surface area contributed by atoms with E-state index < -0.39 is 0 Å². The van der Waals surface area contributed by atoms with Crippen LogP contribution in [-0.4, -0.2) is 50.8 Å². The van der Waals surface area contributed by atoms with Gasteiger partial charge >= 0.3 is 0 Å². The van der Waals surface area contributed by atoms with Crippen LogP contribution in [0.4, 0.5) is 4.39 Å². The summed E-state index contributed by atoms with van der Waals surface area (Å²) in [4.78, 5) is 26.5. The molecular weight excluding hydrogens is 339 g/mol. The van der Waals surface area contributed by atoms with Gasteiger partial charge in [0.15, 0.2) is 5.78 Å². The summed E-state index contributed by atoms with van der Waals surface area (Å²) in [6.45, 7) is 1.60. The number of hydrogen-bond acceptors (Lipinski definition) is 5. The molecule has 7 nitrogen and oxygen atoms in total. The van der Waals surface area contributed by atoms with Crippen LogP contribution in [0, 0.1) is 5.82 Å². The summed E-state index contributed by atoms with van der Waals surface area (Å²) in [5, 5.41) is 8.04. The van der Waals surface area contributed by atoms with Gasteiger partial charge in [0.2, 0.25) is 5.91 Å². The molecule has 0 radical (unpaired) electrons. The van der Waals surface area contributed by atoms with Crippen LogP contribution in [0.3, 0.4) is 0 Å². The van der Waals surface area contributed by atoms with Gasteiger partial charge in [-0.3, -0.25) is 9.59 Å². The lowest BCUT2D eigenvalue weighted by Crippen LogP contribution is -2.49. The van der Waals surface area contributed by atoms with Gasteiger partial charge in [0.05, 0.1) is 30.6 Å². The Morgan fingerprint density at radius 3 is 2.85 bits per heavy atom. The number of carbonyl (C=O) groups excluding carboxylic acids is 2. The minimum absolute atomic E-state index is 0.0354. The van der Waals surface area contributed by atoms with Gasteiger partial charge in [0.1, 0.15) is 5.82 Å². The van der Waals surface area contributed by atoms with E-state index in [1.807, 2.05) is 4.68 Å². The number of amides is 1. The predicted molar refractivity (Wildman–Crippen MR) is 88.8 cm³/mol. The number of rotatable bonds is 4. The molecule has 2 aromatic rings. The van der Waals surface area contributed by atoms with Gasteiger partial charge in [-0.25, -0.2) is 9.07 Å². The second-order valence-electron chi connectivity index (χ2n) is 6.65. The van der Waals surface area contributed by atoms with Crippen molar-refractivity contribution in [2.24, 2.45) is 0 Å². The molecule has 0 N–H and O–H groups in total. The fourth-order valence-electron chi connectivity index (χ4n) is 3.56. The van der Waals surface area contributed by atoms with Crippen molar-refractivity contribution in [2.75, 3.05) is 13.1 Å². The monoisotopic (exact) mass is 358 g/mol. The summed E-state index contributed by atoms with van der Waals surface area (Å²) < 4.78 is 20.6. The van der Waals surface area contributed by atoms with Crippen molar-refractivity contribution >= 4 is 11.7 Å². The number of carbonyl (C=O) groups is 2. The Kier molecular flexibility index (Phi) is 4.50. The molecule has 0 saturated carbocycles. The molecule has 2 aliphatic rings. The zero-order chi connectivity index (χ0) is 18.1. The lowest BCUT2D eigenvalue weighted by molar-refractivity contribution is -0.138. The van der Waals surface area contributed by atoms with Crippen LogP contribution < -0.4 is 0 Å². The first-order valence-electron chi connectivity index (χ1n) is 8.69. The maximum Gasteiger partial charge on any atom is 0.223 e. The molecule has 1 amide bonds. The molecule has 1 fully saturated rings. The number of fused-ring (bicyclic) bond motifs is 3. The van der Waals surface area contributed by atoms with Crippen molar-refractivity contribution in [3.63, 3.8) is 0 Å². The average molecular weight is 358 g/mol. The third-order valence-corrected chi connectivity index (χ3v) is 5.01. The van der Waals surface area contributed by atoms with Crippen molar-refractivity contribution < 1.29 is 18.7 Å². The first-order valence-corrected chi connectivity index (χ1v) is 8.69. The Labute approximate surface area is 149 Å². The fourth-order valence-corrected chi connectivity index (χ4v) is 3.56. The number of ether oxygens (including phenoxy) is 1. The summed E-state index contributed by atoms with van der Waals surface area (Å²) in [7, 11) is 0. The summed E-state index contributed by atoms with van der Waals surface area (Å²) in [5.74, 6) is -0.610. The Morgan fingerprint density at radius 1 is 1.23 bits per heavy atom. The number of Topliss-reactive ketones (excluding diaryl/α,β-unsaturated/α-hetero) is 1. The minimum atomic E-state index is -0.386. The van der Waals surface area contributed by atoms with E-state index in [0.29, 0.717) is 25.3 Å². The quantitative estimate of drug-likeness (QED) is 0.778. The van der Waals surface area contributed by atoms with Gasteiger partial charge in [-0.15, -0.1) is 5.10 Å². The van der Waals surface area contributed by atoms with Crippen LogP contribution in [0.1, 0.15) is 41.4 Å². The second kappa shape index (κ2) is 6.95. The van der Waals surface area contributed by atoms with E-state index in [9.17, 15) is 14.0 Å². The standard InChI is InChI=1S/C18H19FN4O3/c19-13-3-1-12(2-4-13)16(24)5-6-18(25)22-8-7-17-15(10-22)23-14(11-26-17)9-20-21-23/h1-4,9,15,17H,5-8,10-11H2/t15-,17-/m0/s1. The first kappa shape index (κ1) is 16.8. The summed E-state index contributed by atoms with van der Waals surface area (Å²) in [6.07, 6.45) is 2.70. The molecule has 2 atom stereocenters. The summed E-state index contributed by atoms with van der Waals surface area (Å²) in [5.41, 5.74) is 1.33. The lowest BCUT2D eigenvalue weighted by Gasteiger charge is -2.41. The maximum atomic E-state index is 12.9. The van der Waals surface area contributed by atoms with E-state index in [1.54, 1.807) is 11.1 Å². The van der Waals surface area contributed by atoms with E-state index in [1.165, 1.54) is 24.3 Å².